The van der Waals surface area contributed by atoms with Crippen LogP contribution in [0.5, 0.6) is 0 Å². The van der Waals surface area contributed by atoms with E-state index in [0.29, 0.717) is 30.3 Å². The number of imide groups is 1. The number of benzene rings is 2. The average Bonchev–Trinajstić information content (AvgIpc) is 3.37. The van der Waals surface area contributed by atoms with Crippen molar-refractivity contribution in [1.29, 1.82) is 0 Å². The standard InChI is InChI=1S/C33H43N3O4S/c1-5-17-34(18-6-7-19-35-31(37)22-33(3,4)23-32(35)38)26-12-10-25-11-15-30-28(29(25)21-26)16-20-36(30)41(39,40)27-13-8-24(2)9-14-27/h8-9,11,13-16,20,26H,5-7,10,12,17-19,21-23H2,1-4H3/t26-/m0/s1. The van der Waals surface area contributed by atoms with Gasteiger partial charge in [0.05, 0.1) is 10.4 Å². The molecule has 41 heavy (non-hydrogen) atoms. The fourth-order valence-electron chi connectivity index (χ4n) is 6.59. The number of carbonyl (C=O) groups is 2. The van der Waals surface area contributed by atoms with Gasteiger partial charge in [0, 0.05) is 37.0 Å². The molecule has 0 N–H and O–H groups in total. The SMILES string of the molecule is CCCN(CCCCN1C(=O)CC(C)(C)CC1=O)[C@H]1CCc2ccc3c(ccn3S(=O)(=O)c3ccc(C)cc3)c2C1. The number of rotatable bonds is 10. The minimum atomic E-state index is -3.69. The first kappa shape index (κ1) is 29.5. The van der Waals surface area contributed by atoms with Crippen molar-refractivity contribution < 1.29 is 18.0 Å². The fraction of sp³-hybridized carbons (Fsp3) is 0.515. The molecule has 7 nitrogen and oxygen atoms in total. The van der Waals surface area contributed by atoms with Crippen molar-refractivity contribution in [1.82, 2.24) is 13.8 Å². The summed E-state index contributed by atoms with van der Waals surface area (Å²) in [6.45, 7) is 10.5. The Morgan fingerprint density at radius 2 is 1.66 bits per heavy atom. The van der Waals surface area contributed by atoms with Gasteiger partial charge in [0.2, 0.25) is 11.8 Å². The summed E-state index contributed by atoms with van der Waals surface area (Å²) in [5, 5.41) is 1.02. The number of nitrogens with zero attached hydrogens (tertiary/aromatic N) is 3. The van der Waals surface area contributed by atoms with Crippen molar-refractivity contribution in [2.24, 2.45) is 5.41 Å². The third-order valence-corrected chi connectivity index (χ3v) is 10.5. The van der Waals surface area contributed by atoms with E-state index in [2.05, 4.69) is 17.9 Å². The second-order valence-corrected chi connectivity index (χ2v) is 14.5. The maximum absolute atomic E-state index is 13.5. The van der Waals surface area contributed by atoms with Gasteiger partial charge < -0.3 is 4.90 Å². The smallest absolute Gasteiger partial charge is 0.268 e. The number of hydrogen-bond acceptors (Lipinski definition) is 5. The molecule has 1 atom stereocenters. The van der Waals surface area contributed by atoms with E-state index in [0.717, 1.165) is 68.1 Å². The molecule has 1 aliphatic heterocycles. The van der Waals surface area contributed by atoms with Gasteiger partial charge in [-0.2, -0.15) is 0 Å². The van der Waals surface area contributed by atoms with Crippen LogP contribution in [-0.4, -0.2) is 59.7 Å². The molecule has 1 fully saturated rings. The van der Waals surface area contributed by atoms with Crippen molar-refractivity contribution in [2.75, 3.05) is 19.6 Å². The number of aryl methyl sites for hydroxylation is 2. The highest BCUT2D eigenvalue weighted by atomic mass is 32.2. The van der Waals surface area contributed by atoms with E-state index >= 15 is 0 Å². The molecule has 0 radical (unpaired) electrons. The Morgan fingerprint density at radius 3 is 2.34 bits per heavy atom. The maximum Gasteiger partial charge on any atom is 0.268 e. The molecule has 0 unspecified atom stereocenters. The van der Waals surface area contributed by atoms with E-state index in [1.165, 1.54) is 20.0 Å². The quantitative estimate of drug-likeness (QED) is 0.228. The van der Waals surface area contributed by atoms with Crippen molar-refractivity contribution >= 4 is 32.7 Å². The molecule has 1 saturated heterocycles. The summed E-state index contributed by atoms with van der Waals surface area (Å²) in [7, 11) is -3.69. The Morgan fingerprint density at radius 1 is 0.951 bits per heavy atom. The van der Waals surface area contributed by atoms with Crippen LogP contribution >= 0.6 is 0 Å². The molecule has 2 aliphatic rings. The molecule has 3 aromatic rings. The van der Waals surface area contributed by atoms with Crippen molar-refractivity contribution in [3.05, 3.63) is 65.4 Å². The molecule has 2 heterocycles. The Kier molecular flexibility index (Phi) is 8.44. The minimum absolute atomic E-state index is 0.0408. The lowest BCUT2D eigenvalue weighted by atomic mass is 9.81. The van der Waals surface area contributed by atoms with E-state index in [1.807, 2.05) is 45.0 Å². The van der Waals surface area contributed by atoms with E-state index in [-0.39, 0.29) is 17.2 Å². The van der Waals surface area contributed by atoms with Crippen molar-refractivity contribution in [3.8, 4) is 0 Å². The van der Waals surface area contributed by atoms with Crippen LogP contribution in [0.1, 0.15) is 76.0 Å². The van der Waals surface area contributed by atoms with Crippen molar-refractivity contribution in [3.63, 3.8) is 0 Å². The van der Waals surface area contributed by atoms with Crippen LogP contribution in [0, 0.1) is 12.3 Å². The van der Waals surface area contributed by atoms with E-state index in [4.69, 9.17) is 0 Å². The number of amides is 2. The Hall–Kier alpha value is -2.97. The highest BCUT2D eigenvalue weighted by molar-refractivity contribution is 7.90. The molecule has 0 spiro atoms. The van der Waals surface area contributed by atoms with Crippen LogP contribution in [0.4, 0.5) is 0 Å². The van der Waals surface area contributed by atoms with Gasteiger partial charge in [-0.15, -0.1) is 0 Å². The van der Waals surface area contributed by atoms with Gasteiger partial charge >= 0.3 is 0 Å². The highest BCUT2D eigenvalue weighted by Crippen LogP contribution is 2.34. The Balaban J connectivity index is 1.28. The number of piperidine rings is 1. The molecular weight excluding hydrogens is 534 g/mol. The number of aromatic nitrogens is 1. The zero-order valence-corrected chi connectivity index (χ0v) is 25.7. The number of fused-ring (bicyclic) bond motifs is 3. The number of likely N-dealkylation sites (tertiary alicyclic amines) is 1. The minimum Gasteiger partial charge on any atom is -0.300 e. The normalized spacial score (nSPS) is 19.2. The zero-order chi connectivity index (χ0) is 29.4. The summed E-state index contributed by atoms with van der Waals surface area (Å²) in [5.74, 6) is -0.0817. The number of carbonyl (C=O) groups excluding carboxylic acids is 2. The van der Waals surface area contributed by atoms with Gasteiger partial charge in [0.25, 0.3) is 10.0 Å². The monoisotopic (exact) mass is 577 g/mol. The van der Waals surface area contributed by atoms with Gasteiger partial charge in [0.1, 0.15) is 0 Å². The van der Waals surface area contributed by atoms with Crippen LogP contribution < -0.4 is 0 Å². The molecular formula is C33H43N3O4S. The lowest BCUT2D eigenvalue weighted by Gasteiger charge is -2.36. The van der Waals surface area contributed by atoms with E-state index in [9.17, 15) is 18.0 Å². The second kappa shape index (κ2) is 11.7. The van der Waals surface area contributed by atoms with Crippen molar-refractivity contribution in [2.45, 2.75) is 90.0 Å². The summed E-state index contributed by atoms with van der Waals surface area (Å²) in [5.41, 5.74) is 4.07. The summed E-state index contributed by atoms with van der Waals surface area (Å²) in [4.78, 5) is 29.4. The first-order chi connectivity index (χ1) is 19.5. The summed E-state index contributed by atoms with van der Waals surface area (Å²) in [6.07, 6.45) is 8.28. The number of hydrogen-bond donors (Lipinski definition) is 0. The molecule has 0 saturated carbocycles. The van der Waals surface area contributed by atoms with Crippen LogP contribution in [-0.2, 0) is 32.5 Å². The molecule has 220 valence electrons. The highest BCUT2D eigenvalue weighted by Gasteiger charge is 2.37. The lowest BCUT2D eigenvalue weighted by Crippen LogP contribution is -2.46. The molecule has 8 heteroatoms. The number of unbranched alkanes of at least 4 members (excludes halogenated alkanes) is 1. The van der Waals surface area contributed by atoms with Crippen LogP contribution in [0.2, 0.25) is 0 Å². The lowest BCUT2D eigenvalue weighted by molar-refractivity contribution is -0.152. The third kappa shape index (κ3) is 6.14. The summed E-state index contributed by atoms with van der Waals surface area (Å²) in [6, 6.07) is 13.4. The topological polar surface area (TPSA) is 79.7 Å². The third-order valence-electron chi connectivity index (χ3n) is 8.78. The molecule has 5 rings (SSSR count). The summed E-state index contributed by atoms with van der Waals surface area (Å²) < 4.78 is 28.4. The van der Waals surface area contributed by atoms with Crippen LogP contribution in [0.15, 0.2) is 53.6 Å². The maximum atomic E-state index is 13.5. The van der Waals surface area contributed by atoms with Gasteiger partial charge in [-0.25, -0.2) is 12.4 Å². The molecule has 1 aromatic heterocycles. The Bertz CT molecular complexity index is 1520. The predicted octanol–water partition coefficient (Wildman–Crippen LogP) is 5.71. The largest absolute Gasteiger partial charge is 0.300 e. The first-order valence-corrected chi connectivity index (χ1v) is 16.5. The Labute approximate surface area is 244 Å². The molecule has 2 amide bonds. The predicted molar refractivity (Wildman–Crippen MR) is 162 cm³/mol. The average molecular weight is 578 g/mol. The van der Waals surface area contributed by atoms with Gasteiger partial charge in [0.15, 0.2) is 0 Å². The molecule has 2 aromatic carbocycles. The van der Waals surface area contributed by atoms with E-state index < -0.39 is 10.0 Å². The van der Waals surface area contributed by atoms with Crippen LogP contribution in [0.25, 0.3) is 10.9 Å². The van der Waals surface area contributed by atoms with Crippen LogP contribution in [0.3, 0.4) is 0 Å². The van der Waals surface area contributed by atoms with Gasteiger partial charge in [-0.05, 0) is 99.3 Å². The van der Waals surface area contributed by atoms with Gasteiger partial charge in [-0.1, -0.05) is 44.5 Å². The summed E-state index contributed by atoms with van der Waals surface area (Å²) >= 11 is 0. The second-order valence-electron chi connectivity index (χ2n) is 12.7. The van der Waals surface area contributed by atoms with E-state index in [1.54, 1.807) is 18.3 Å². The fourth-order valence-corrected chi connectivity index (χ4v) is 7.93. The first-order valence-electron chi connectivity index (χ1n) is 15.0. The van der Waals surface area contributed by atoms with Gasteiger partial charge in [-0.3, -0.25) is 14.5 Å². The molecule has 1 aliphatic carbocycles. The molecule has 0 bridgehead atoms. The zero-order valence-electron chi connectivity index (χ0n) is 24.9.